The second-order valence-electron chi connectivity index (χ2n) is 7.26. The van der Waals surface area contributed by atoms with Gasteiger partial charge in [-0.1, -0.05) is 31.5 Å². The molecule has 7 heteroatoms. The fraction of sp³-hybridized carbons (Fsp3) is 0.632. The van der Waals surface area contributed by atoms with E-state index in [1.165, 1.54) is 4.31 Å². The van der Waals surface area contributed by atoms with Gasteiger partial charge in [0.25, 0.3) is 0 Å². The van der Waals surface area contributed by atoms with Crippen LogP contribution in [0.3, 0.4) is 0 Å². The molecule has 0 bridgehead atoms. The molecule has 1 amide bonds. The van der Waals surface area contributed by atoms with E-state index in [-0.39, 0.29) is 10.8 Å². The summed E-state index contributed by atoms with van der Waals surface area (Å²) in [6.45, 7) is 7.89. The highest BCUT2D eigenvalue weighted by molar-refractivity contribution is 7.89. The van der Waals surface area contributed by atoms with Gasteiger partial charge in [-0.05, 0) is 37.8 Å². The minimum Gasteiger partial charge on any atom is -0.383 e. The van der Waals surface area contributed by atoms with Crippen LogP contribution < -0.4 is 0 Å². The lowest BCUT2D eigenvalue weighted by Gasteiger charge is -2.31. The fourth-order valence-electron chi connectivity index (χ4n) is 3.26. The molecule has 0 N–H and O–H groups in total. The first-order valence-electron chi connectivity index (χ1n) is 9.13. The monoisotopic (exact) mass is 382 g/mol. The van der Waals surface area contributed by atoms with E-state index in [4.69, 9.17) is 4.74 Å². The number of methoxy groups -OCH3 is 1. The highest BCUT2D eigenvalue weighted by Crippen LogP contribution is 2.27. The number of aryl methyl sites for hydroxylation is 1. The molecule has 1 aliphatic heterocycles. The zero-order chi connectivity index (χ0) is 19.3. The molecule has 0 aromatic heterocycles. The van der Waals surface area contributed by atoms with E-state index >= 15 is 0 Å². The molecule has 0 radical (unpaired) electrons. The maximum absolute atomic E-state index is 13.1. The van der Waals surface area contributed by atoms with Gasteiger partial charge in [0.05, 0.1) is 11.5 Å². The number of benzene rings is 1. The Labute approximate surface area is 157 Å². The Balaban J connectivity index is 2.24. The summed E-state index contributed by atoms with van der Waals surface area (Å²) in [5.74, 6) is 0.184. The number of sulfonamides is 1. The van der Waals surface area contributed by atoms with Crippen molar-refractivity contribution in [1.29, 1.82) is 0 Å². The molecule has 1 aromatic rings. The van der Waals surface area contributed by atoms with Crippen LogP contribution in [-0.2, 0) is 19.6 Å². The van der Waals surface area contributed by atoms with Crippen LogP contribution in [0.1, 0.15) is 32.3 Å². The summed E-state index contributed by atoms with van der Waals surface area (Å²) < 4.78 is 32.6. The van der Waals surface area contributed by atoms with Crippen LogP contribution in [0.15, 0.2) is 29.2 Å². The summed E-state index contributed by atoms with van der Waals surface area (Å²) in [5.41, 5.74) is 1.00. The van der Waals surface area contributed by atoms with E-state index in [0.29, 0.717) is 45.0 Å². The molecule has 0 aliphatic carbocycles. The molecule has 26 heavy (non-hydrogen) atoms. The number of carbonyl (C=O) groups excluding carboxylic acids is 1. The highest BCUT2D eigenvalue weighted by atomic mass is 32.2. The predicted octanol–water partition coefficient (Wildman–Crippen LogP) is 2.28. The van der Waals surface area contributed by atoms with Crippen molar-refractivity contribution < 1.29 is 17.9 Å². The van der Waals surface area contributed by atoms with Crippen molar-refractivity contribution in [3.8, 4) is 0 Å². The molecule has 1 aliphatic rings. The SMILES string of the molecule is COCCN(CC(C)C)C(=O)[C@@H]1CCCN1S(=O)(=O)c1ccc(C)cc1. The van der Waals surface area contributed by atoms with Gasteiger partial charge in [0.15, 0.2) is 0 Å². The maximum atomic E-state index is 13.1. The first-order chi connectivity index (χ1) is 12.3. The number of carbonyl (C=O) groups is 1. The quantitative estimate of drug-likeness (QED) is 0.692. The Morgan fingerprint density at radius 3 is 2.54 bits per heavy atom. The number of rotatable bonds is 8. The number of hydrogen-bond donors (Lipinski definition) is 0. The topological polar surface area (TPSA) is 66.9 Å². The summed E-state index contributed by atoms with van der Waals surface area (Å²) in [6.07, 6.45) is 1.26. The van der Waals surface area contributed by atoms with Crippen molar-refractivity contribution in [2.24, 2.45) is 5.92 Å². The Hall–Kier alpha value is -1.44. The van der Waals surface area contributed by atoms with Crippen molar-refractivity contribution in [3.05, 3.63) is 29.8 Å². The summed E-state index contributed by atoms with van der Waals surface area (Å²) >= 11 is 0. The number of ether oxygens (including phenoxy) is 1. The molecule has 6 nitrogen and oxygen atoms in total. The lowest BCUT2D eigenvalue weighted by molar-refractivity contribution is -0.135. The Kier molecular flexibility index (Phi) is 7.20. The van der Waals surface area contributed by atoms with Crippen molar-refractivity contribution in [2.75, 3.05) is 33.4 Å². The molecule has 1 fully saturated rings. The van der Waals surface area contributed by atoms with Crippen molar-refractivity contribution >= 4 is 15.9 Å². The molecule has 1 heterocycles. The van der Waals surface area contributed by atoms with Gasteiger partial charge in [0, 0.05) is 26.7 Å². The number of amides is 1. The summed E-state index contributed by atoms with van der Waals surface area (Å²) in [4.78, 5) is 15.1. The maximum Gasteiger partial charge on any atom is 0.243 e. The van der Waals surface area contributed by atoms with Crippen molar-refractivity contribution in [1.82, 2.24) is 9.21 Å². The highest BCUT2D eigenvalue weighted by Gasteiger charge is 2.41. The first kappa shape index (κ1) is 20.9. The van der Waals surface area contributed by atoms with Crippen LogP contribution in [0.25, 0.3) is 0 Å². The minimum absolute atomic E-state index is 0.121. The van der Waals surface area contributed by atoms with Crippen LogP contribution in [0, 0.1) is 12.8 Å². The molecule has 0 unspecified atom stereocenters. The summed E-state index contributed by atoms with van der Waals surface area (Å²) in [7, 11) is -2.08. The third-order valence-electron chi connectivity index (χ3n) is 4.58. The van der Waals surface area contributed by atoms with Gasteiger partial charge in [0.2, 0.25) is 15.9 Å². The lowest BCUT2D eigenvalue weighted by Crippen LogP contribution is -2.49. The molecule has 146 valence electrons. The van der Waals surface area contributed by atoms with Crippen molar-refractivity contribution in [3.63, 3.8) is 0 Å². The molecular weight excluding hydrogens is 352 g/mol. The Bertz CT molecular complexity index is 701. The van der Waals surface area contributed by atoms with Crippen molar-refractivity contribution in [2.45, 2.75) is 44.6 Å². The second kappa shape index (κ2) is 8.97. The Morgan fingerprint density at radius 1 is 1.31 bits per heavy atom. The summed E-state index contributed by atoms with van der Waals surface area (Å²) in [5, 5.41) is 0. The Morgan fingerprint density at radius 2 is 1.96 bits per heavy atom. The molecule has 0 saturated carbocycles. The molecule has 0 spiro atoms. The van der Waals surface area contributed by atoms with Crippen LogP contribution in [0.2, 0.25) is 0 Å². The predicted molar refractivity (Wildman–Crippen MR) is 101 cm³/mol. The molecule has 1 atom stereocenters. The third-order valence-corrected chi connectivity index (χ3v) is 6.50. The van der Waals surface area contributed by atoms with E-state index in [1.54, 1.807) is 36.3 Å². The first-order valence-corrected chi connectivity index (χ1v) is 10.6. The summed E-state index contributed by atoms with van der Waals surface area (Å²) in [6, 6.07) is 6.16. The van der Waals surface area contributed by atoms with Gasteiger partial charge in [-0.15, -0.1) is 0 Å². The van der Waals surface area contributed by atoms with E-state index in [9.17, 15) is 13.2 Å². The van der Waals surface area contributed by atoms with E-state index in [0.717, 1.165) is 5.56 Å². The van der Waals surface area contributed by atoms with Crippen LogP contribution in [0.4, 0.5) is 0 Å². The van der Waals surface area contributed by atoms with Crippen LogP contribution >= 0.6 is 0 Å². The van der Waals surface area contributed by atoms with Gasteiger partial charge in [-0.3, -0.25) is 4.79 Å². The molecule has 1 saturated heterocycles. The largest absolute Gasteiger partial charge is 0.383 e. The molecule has 1 aromatic carbocycles. The zero-order valence-electron chi connectivity index (χ0n) is 16.1. The van der Waals surface area contributed by atoms with E-state index < -0.39 is 16.1 Å². The van der Waals surface area contributed by atoms with Gasteiger partial charge in [-0.2, -0.15) is 4.31 Å². The van der Waals surface area contributed by atoms with Gasteiger partial charge >= 0.3 is 0 Å². The molecule has 2 rings (SSSR count). The standard InChI is InChI=1S/C19H30N2O4S/c1-15(2)14-20(12-13-25-4)19(22)18-6-5-11-21(18)26(23,24)17-9-7-16(3)8-10-17/h7-10,15,18H,5-6,11-14H2,1-4H3/t18-/m0/s1. The minimum atomic E-state index is -3.68. The fourth-order valence-corrected chi connectivity index (χ4v) is 4.92. The smallest absolute Gasteiger partial charge is 0.243 e. The third kappa shape index (κ3) is 4.84. The zero-order valence-corrected chi connectivity index (χ0v) is 17.0. The number of hydrogen-bond acceptors (Lipinski definition) is 4. The lowest BCUT2D eigenvalue weighted by atomic mass is 10.1. The second-order valence-corrected chi connectivity index (χ2v) is 9.15. The normalized spacial score (nSPS) is 18.4. The van der Waals surface area contributed by atoms with Crippen LogP contribution in [0.5, 0.6) is 0 Å². The van der Waals surface area contributed by atoms with E-state index in [2.05, 4.69) is 0 Å². The number of nitrogens with zero attached hydrogens (tertiary/aromatic N) is 2. The molecular formula is C19H30N2O4S. The van der Waals surface area contributed by atoms with Gasteiger partial charge in [0.1, 0.15) is 6.04 Å². The van der Waals surface area contributed by atoms with E-state index in [1.807, 2.05) is 20.8 Å². The average molecular weight is 383 g/mol. The van der Waals surface area contributed by atoms with Gasteiger partial charge < -0.3 is 9.64 Å². The van der Waals surface area contributed by atoms with Gasteiger partial charge in [-0.25, -0.2) is 8.42 Å². The van der Waals surface area contributed by atoms with Crippen LogP contribution in [-0.4, -0.2) is 62.9 Å². The average Bonchev–Trinajstić information content (AvgIpc) is 3.08.